The highest BCUT2D eigenvalue weighted by Crippen LogP contribution is 2.29. The molecule has 1 fully saturated rings. The quantitative estimate of drug-likeness (QED) is 0.806. The summed E-state index contributed by atoms with van der Waals surface area (Å²) in [7, 11) is 0. The van der Waals surface area contributed by atoms with Gasteiger partial charge in [0.2, 0.25) is 5.91 Å². The van der Waals surface area contributed by atoms with Crippen LogP contribution in [0, 0.1) is 0 Å². The van der Waals surface area contributed by atoms with Crippen molar-refractivity contribution in [3.05, 3.63) is 18.1 Å². The Morgan fingerprint density at radius 1 is 1.56 bits per heavy atom. The molecule has 5 nitrogen and oxygen atoms in total. The molecule has 0 bridgehead atoms. The van der Waals surface area contributed by atoms with Gasteiger partial charge in [-0.05, 0) is 26.0 Å². The Balaban J connectivity index is 2.16. The van der Waals surface area contributed by atoms with Crippen LogP contribution < -0.4 is 5.73 Å². The molecular formula is C12H18N4OS. The summed E-state index contributed by atoms with van der Waals surface area (Å²) in [5.41, 5.74) is 6.55. The van der Waals surface area contributed by atoms with Crippen molar-refractivity contribution in [1.82, 2.24) is 14.9 Å². The minimum atomic E-state index is -0.458. The molecule has 2 rings (SSSR count). The topological polar surface area (TPSA) is 72.1 Å². The fourth-order valence-electron chi connectivity index (χ4n) is 1.83. The van der Waals surface area contributed by atoms with Gasteiger partial charge in [-0.25, -0.2) is 4.98 Å². The monoisotopic (exact) mass is 266 g/mol. The maximum Gasteiger partial charge on any atom is 0.239 e. The second-order valence-electron chi connectivity index (χ2n) is 4.50. The number of hydrogen-bond acceptors (Lipinski definition) is 5. The number of amides is 1. The Morgan fingerprint density at radius 3 is 2.78 bits per heavy atom. The molecule has 98 valence electrons. The van der Waals surface area contributed by atoms with Gasteiger partial charge in [0.15, 0.2) is 0 Å². The third-order valence-electron chi connectivity index (χ3n) is 2.91. The smallest absolute Gasteiger partial charge is 0.239 e. The van der Waals surface area contributed by atoms with Crippen molar-refractivity contribution in [2.45, 2.75) is 43.4 Å². The number of thioether (sulfide) groups is 1. The predicted octanol–water partition coefficient (Wildman–Crippen LogP) is 1.04. The van der Waals surface area contributed by atoms with E-state index in [1.807, 2.05) is 11.2 Å². The third-order valence-corrected chi connectivity index (χ3v) is 3.64. The number of hydrogen-bond donors (Lipinski definition) is 1. The molecular weight excluding hydrogens is 248 g/mol. The number of nitrogens with two attached hydrogens (primary N) is 1. The van der Waals surface area contributed by atoms with Crippen LogP contribution in [0.5, 0.6) is 0 Å². The molecule has 1 amide bonds. The van der Waals surface area contributed by atoms with Gasteiger partial charge in [0.05, 0.1) is 18.3 Å². The maximum absolute atomic E-state index is 12.1. The molecule has 2 N–H and O–H groups in total. The third kappa shape index (κ3) is 3.00. The van der Waals surface area contributed by atoms with E-state index in [1.54, 1.807) is 31.1 Å². The first-order valence-corrected chi connectivity index (χ1v) is 7.26. The number of nitrogens with zero attached hydrogens (tertiary/aromatic N) is 3. The zero-order valence-corrected chi connectivity index (χ0v) is 11.5. The molecule has 0 saturated heterocycles. The SMILES string of the molecule is CSc1nccnc1CN(C(=O)C(C)N)C1CC1. The number of aromatic nitrogens is 2. The van der Waals surface area contributed by atoms with Crippen LogP contribution in [0.1, 0.15) is 25.5 Å². The minimum absolute atomic E-state index is 0.00444. The lowest BCUT2D eigenvalue weighted by molar-refractivity contribution is -0.133. The van der Waals surface area contributed by atoms with E-state index in [0.29, 0.717) is 12.6 Å². The number of carbonyl (C=O) groups excluding carboxylic acids is 1. The van der Waals surface area contributed by atoms with Crippen molar-refractivity contribution < 1.29 is 4.79 Å². The van der Waals surface area contributed by atoms with Crippen molar-refractivity contribution in [2.75, 3.05) is 6.26 Å². The standard InChI is InChI=1S/C12H18N4OS/c1-8(13)12(17)16(9-3-4-9)7-10-11(18-2)15-6-5-14-10/h5-6,8-9H,3-4,7,13H2,1-2H3. The van der Waals surface area contributed by atoms with Crippen LogP contribution in [0.25, 0.3) is 0 Å². The summed E-state index contributed by atoms with van der Waals surface area (Å²) in [4.78, 5) is 22.5. The van der Waals surface area contributed by atoms with Crippen LogP contribution in [0.3, 0.4) is 0 Å². The average molecular weight is 266 g/mol. The second kappa shape index (κ2) is 5.67. The van der Waals surface area contributed by atoms with Gasteiger partial charge in [-0.2, -0.15) is 0 Å². The van der Waals surface area contributed by atoms with Crippen LogP contribution in [0.2, 0.25) is 0 Å². The van der Waals surface area contributed by atoms with Gasteiger partial charge in [0, 0.05) is 18.4 Å². The first-order valence-electron chi connectivity index (χ1n) is 6.03. The summed E-state index contributed by atoms with van der Waals surface area (Å²) >= 11 is 1.55. The van der Waals surface area contributed by atoms with Crippen molar-refractivity contribution in [2.24, 2.45) is 5.73 Å². The normalized spacial score (nSPS) is 16.4. The zero-order chi connectivity index (χ0) is 13.1. The van der Waals surface area contributed by atoms with Gasteiger partial charge in [0.25, 0.3) is 0 Å². The van der Waals surface area contributed by atoms with E-state index in [-0.39, 0.29) is 5.91 Å². The van der Waals surface area contributed by atoms with E-state index in [4.69, 9.17) is 5.73 Å². The summed E-state index contributed by atoms with van der Waals surface area (Å²) in [5, 5.41) is 0.876. The highest BCUT2D eigenvalue weighted by molar-refractivity contribution is 7.98. The average Bonchev–Trinajstić information content (AvgIpc) is 3.19. The van der Waals surface area contributed by atoms with Crippen molar-refractivity contribution in [1.29, 1.82) is 0 Å². The van der Waals surface area contributed by atoms with E-state index in [9.17, 15) is 4.79 Å². The number of carbonyl (C=O) groups is 1. The summed E-state index contributed by atoms with van der Waals surface area (Å²) < 4.78 is 0. The van der Waals surface area contributed by atoms with Gasteiger partial charge in [-0.15, -0.1) is 11.8 Å². The molecule has 1 unspecified atom stereocenters. The fourth-order valence-corrected chi connectivity index (χ4v) is 2.35. The predicted molar refractivity (Wildman–Crippen MR) is 71.0 cm³/mol. The van der Waals surface area contributed by atoms with Crippen LogP contribution in [0.4, 0.5) is 0 Å². The Hall–Kier alpha value is -1.14. The van der Waals surface area contributed by atoms with Gasteiger partial charge < -0.3 is 10.6 Å². The molecule has 0 radical (unpaired) electrons. The van der Waals surface area contributed by atoms with Gasteiger partial charge in [0.1, 0.15) is 5.03 Å². The number of rotatable bonds is 5. The van der Waals surface area contributed by atoms with Crippen molar-refractivity contribution >= 4 is 17.7 Å². The Labute approximate surface area is 111 Å². The first-order chi connectivity index (χ1) is 8.63. The molecule has 1 aliphatic rings. The highest BCUT2D eigenvalue weighted by atomic mass is 32.2. The Bertz CT molecular complexity index is 434. The molecule has 18 heavy (non-hydrogen) atoms. The molecule has 1 saturated carbocycles. The van der Waals surface area contributed by atoms with Gasteiger partial charge >= 0.3 is 0 Å². The van der Waals surface area contributed by atoms with E-state index in [1.165, 1.54) is 0 Å². The van der Waals surface area contributed by atoms with E-state index in [2.05, 4.69) is 9.97 Å². The molecule has 1 aliphatic carbocycles. The molecule has 6 heteroatoms. The molecule has 1 aromatic rings. The summed E-state index contributed by atoms with van der Waals surface area (Å²) in [6, 6.07) is -0.125. The summed E-state index contributed by atoms with van der Waals surface area (Å²) in [6.07, 6.45) is 7.42. The van der Waals surface area contributed by atoms with E-state index >= 15 is 0 Å². The molecule has 1 aromatic heterocycles. The summed E-state index contributed by atoms with van der Waals surface area (Å²) in [6.45, 7) is 2.24. The Kier molecular flexibility index (Phi) is 4.19. The molecule has 0 spiro atoms. The molecule has 1 atom stereocenters. The van der Waals surface area contributed by atoms with Crippen LogP contribution in [-0.4, -0.2) is 39.1 Å². The van der Waals surface area contributed by atoms with Crippen molar-refractivity contribution in [3.8, 4) is 0 Å². The van der Waals surface area contributed by atoms with E-state index in [0.717, 1.165) is 23.6 Å². The van der Waals surface area contributed by atoms with Crippen LogP contribution in [-0.2, 0) is 11.3 Å². The van der Waals surface area contributed by atoms with Gasteiger partial charge in [-0.3, -0.25) is 9.78 Å². The van der Waals surface area contributed by atoms with Crippen molar-refractivity contribution in [3.63, 3.8) is 0 Å². The maximum atomic E-state index is 12.1. The molecule has 1 heterocycles. The van der Waals surface area contributed by atoms with Gasteiger partial charge in [-0.1, -0.05) is 0 Å². The summed E-state index contributed by atoms with van der Waals surface area (Å²) in [5.74, 6) is -0.00444. The highest BCUT2D eigenvalue weighted by Gasteiger charge is 2.34. The largest absolute Gasteiger partial charge is 0.332 e. The fraction of sp³-hybridized carbons (Fsp3) is 0.583. The lowest BCUT2D eigenvalue weighted by Crippen LogP contribution is -2.43. The van der Waals surface area contributed by atoms with Crippen LogP contribution >= 0.6 is 11.8 Å². The molecule has 0 aromatic carbocycles. The second-order valence-corrected chi connectivity index (χ2v) is 5.29. The first kappa shape index (κ1) is 13.3. The minimum Gasteiger partial charge on any atom is -0.332 e. The lowest BCUT2D eigenvalue weighted by atomic mass is 10.2. The van der Waals surface area contributed by atoms with E-state index < -0.39 is 6.04 Å². The zero-order valence-electron chi connectivity index (χ0n) is 10.7. The molecule has 0 aliphatic heterocycles. The Morgan fingerprint density at radius 2 is 2.22 bits per heavy atom. The lowest BCUT2D eigenvalue weighted by Gasteiger charge is -2.24. The van der Waals surface area contributed by atoms with Crippen LogP contribution in [0.15, 0.2) is 17.4 Å².